The predicted octanol–water partition coefficient (Wildman–Crippen LogP) is 2.15. The van der Waals surface area contributed by atoms with Crippen LogP contribution in [0.25, 0.3) is 0 Å². The molecule has 0 atom stereocenters. The second-order valence-corrected chi connectivity index (χ2v) is 7.05. The number of aliphatic carboxylic acids is 1. The van der Waals surface area contributed by atoms with E-state index in [1.165, 1.54) is 6.20 Å². The minimum Gasteiger partial charge on any atom is -0.497 e. The molecule has 0 saturated heterocycles. The molecular weight excluding hydrogens is 448 g/mol. The third-order valence-electron chi connectivity index (χ3n) is 4.17. The Balaban J connectivity index is 1.96. The van der Waals surface area contributed by atoms with Crippen LogP contribution in [-0.4, -0.2) is 65.5 Å². The SMILES string of the molecule is CCOC(=O)c1cnc(Nc2cccc(OC)c2)nc1NCCCNC(=S)NCCC(=O)O. The Morgan fingerprint density at radius 2 is 1.97 bits per heavy atom. The van der Waals surface area contributed by atoms with Crippen LogP contribution in [0, 0.1) is 0 Å². The van der Waals surface area contributed by atoms with E-state index < -0.39 is 11.9 Å². The largest absolute Gasteiger partial charge is 0.497 e. The number of carboxylic acids is 1. The lowest BCUT2D eigenvalue weighted by Crippen LogP contribution is -2.37. The summed E-state index contributed by atoms with van der Waals surface area (Å²) in [4.78, 5) is 31.5. The number of rotatable bonds is 13. The number of methoxy groups -OCH3 is 1. The average Bonchev–Trinajstić information content (AvgIpc) is 2.79. The van der Waals surface area contributed by atoms with Crippen LogP contribution in [0.1, 0.15) is 30.1 Å². The van der Waals surface area contributed by atoms with Crippen molar-refractivity contribution < 1.29 is 24.2 Å². The third kappa shape index (κ3) is 9.15. The van der Waals surface area contributed by atoms with Gasteiger partial charge >= 0.3 is 11.9 Å². The van der Waals surface area contributed by atoms with Crippen molar-refractivity contribution in [1.29, 1.82) is 0 Å². The molecule has 2 rings (SSSR count). The number of benzene rings is 1. The number of nitrogens with one attached hydrogen (secondary N) is 4. The topological polar surface area (TPSA) is 147 Å². The predicted molar refractivity (Wildman–Crippen MR) is 128 cm³/mol. The number of hydrogen-bond donors (Lipinski definition) is 5. The standard InChI is InChI=1S/C21H28N6O5S/c1-3-32-19(30)16-13-25-20(26-14-6-4-7-15(12-14)31-2)27-18(16)22-9-5-10-23-21(33)24-11-8-17(28)29/h4,6-7,12-13H,3,5,8-11H2,1-2H3,(H,28,29)(H2,23,24,33)(H2,22,25,26,27). The summed E-state index contributed by atoms with van der Waals surface area (Å²) in [6.07, 6.45) is 2.06. The monoisotopic (exact) mass is 476 g/mol. The highest BCUT2D eigenvalue weighted by molar-refractivity contribution is 7.80. The fourth-order valence-corrected chi connectivity index (χ4v) is 2.81. The van der Waals surface area contributed by atoms with Gasteiger partial charge in [-0.15, -0.1) is 0 Å². The Morgan fingerprint density at radius 3 is 2.70 bits per heavy atom. The Labute approximate surface area is 197 Å². The molecule has 12 heteroatoms. The van der Waals surface area contributed by atoms with Crippen LogP contribution in [0.15, 0.2) is 30.5 Å². The van der Waals surface area contributed by atoms with Crippen LogP contribution in [-0.2, 0) is 9.53 Å². The van der Waals surface area contributed by atoms with Crippen LogP contribution in [0.3, 0.4) is 0 Å². The molecule has 5 N–H and O–H groups in total. The average molecular weight is 477 g/mol. The Kier molecular flexibility index (Phi) is 10.6. The number of ether oxygens (including phenoxy) is 2. The fraction of sp³-hybridized carbons (Fsp3) is 0.381. The Bertz CT molecular complexity index is 958. The van der Waals surface area contributed by atoms with E-state index in [1.807, 2.05) is 18.2 Å². The second kappa shape index (κ2) is 13.7. The molecule has 0 saturated carbocycles. The van der Waals surface area contributed by atoms with Gasteiger partial charge in [0.1, 0.15) is 17.1 Å². The molecule has 1 aromatic carbocycles. The molecule has 0 bridgehead atoms. The lowest BCUT2D eigenvalue weighted by Gasteiger charge is -2.13. The maximum absolute atomic E-state index is 12.3. The van der Waals surface area contributed by atoms with E-state index in [4.69, 9.17) is 26.8 Å². The minimum absolute atomic E-state index is 0.0140. The molecule has 0 spiro atoms. The minimum atomic E-state index is -0.892. The smallest absolute Gasteiger partial charge is 0.343 e. The van der Waals surface area contributed by atoms with Gasteiger partial charge in [0.25, 0.3) is 0 Å². The van der Waals surface area contributed by atoms with E-state index in [0.717, 1.165) is 5.69 Å². The highest BCUT2D eigenvalue weighted by atomic mass is 32.1. The summed E-state index contributed by atoms with van der Waals surface area (Å²) >= 11 is 5.10. The maximum atomic E-state index is 12.3. The van der Waals surface area contributed by atoms with Gasteiger partial charge in [-0.05, 0) is 37.7 Å². The molecule has 33 heavy (non-hydrogen) atoms. The summed E-state index contributed by atoms with van der Waals surface area (Å²) in [6, 6.07) is 7.30. The summed E-state index contributed by atoms with van der Waals surface area (Å²) in [5, 5.41) is 21.1. The van der Waals surface area contributed by atoms with Gasteiger partial charge in [-0.2, -0.15) is 4.98 Å². The van der Waals surface area contributed by atoms with E-state index in [0.29, 0.717) is 42.1 Å². The summed E-state index contributed by atoms with van der Waals surface area (Å²) in [5.41, 5.74) is 0.962. The molecule has 0 fully saturated rings. The molecule has 0 unspecified atom stereocenters. The van der Waals surface area contributed by atoms with Gasteiger partial charge in [-0.3, -0.25) is 4.79 Å². The zero-order chi connectivity index (χ0) is 24.1. The van der Waals surface area contributed by atoms with Crippen LogP contribution in [0.4, 0.5) is 17.5 Å². The Hall–Kier alpha value is -3.67. The van der Waals surface area contributed by atoms with Crippen molar-refractivity contribution in [3.05, 3.63) is 36.0 Å². The number of carbonyl (C=O) groups excluding carboxylic acids is 1. The first kappa shape index (κ1) is 25.6. The molecular formula is C21H28N6O5S. The first-order chi connectivity index (χ1) is 15.9. The number of anilines is 3. The molecule has 11 nitrogen and oxygen atoms in total. The van der Waals surface area contributed by atoms with Crippen molar-refractivity contribution in [3.63, 3.8) is 0 Å². The van der Waals surface area contributed by atoms with Crippen molar-refractivity contribution in [2.75, 3.05) is 44.0 Å². The van der Waals surface area contributed by atoms with E-state index in [1.54, 1.807) is 20.1 Å². The number of carboxylic acid groups (broad SMARTS) is 1. The quantitative estimate of drug-likeness (QED) is 0.164. The number of nitrogens with zero attached hydrogens (tertiary/aromatic N) is 2. The van der Waals surface area contributed by atoms with Gasteiger partial charge in [0.15, 0.2) is 5.11 Å². The van der Waals surface area contributed by atoms with Crippen molar-refractivity contribution in [3.8, 4) is 5.75 Å². The molecule has 0 amide bonds. The van der Waals surface area contributed by atoms with Crippen LogP contribution >= 0.6 is 12.2 Å². The summed E-state index contributed by atoms with van der Waals surface area (Å²) in [6.45, 7) is 3.25. The van der Waals surface area contributed by atoms with Crippen LogP contribution in [0.5, 0.6) is 5.75 Å². The number of esters is 1. The highest BCUT2D eigenvalue weighted by Crippen LogP contribution is 2.21. The molecule has 0 aliphatic heterocycles. The molecule has 0 radical (unpaired) electrons. The van der Waals surface area contributed by atoms with E-state index in [-0.39, 0.29) is 25.1 Å². The zero-order valence-corrected chi connectivity index (χ0v) is 19.3. The number of carbonyl (C=O) groups is 2. The van der Waals surface area contributed by atoms with Gasteiger partial charge in [-0.25, -0.2) is 9.78 Å². The summed E-state index contributed by atoms with van der Waals surface area (Å²) in [7, 11) is 1.58. The lowest BCUT2D eigenvalue weighted by molar-refractivity contribution is -0.136. The first-order valence-electron chi connectivity index (χ1n) is 10.4. The van der Waals surface area contributed by atoms with Crippen molar-refractivity contribution in [2.24, 2.45) is 0 Å². The molecule has 0 aliphatic carbocycles. The third-order valence-corrected chi connectivity index (χ3v) is 4.45. The normalized spacial score (nSPS) is 10.1. The van der Waals surface area contributed by atoms with E-state index in [9.17, 15) is 9.59 Å². The van der Waals surface area contributed by atoms with Gasteiger partial charge in [-0.1, -0.05) is 6.07 Å². The van der Waals surface area contributed by atoms with E-state index >= 15 is 0 Å². The maximum Gasteiger partial charge on any atom is 0.343 e. The van der Waals surface area contributed by atoms with Crippen molar-refractivity contribution in [1.82, 2.24) is 20.6 Å². The molecule has 1 heterocycles. The first-order valence-corrected chi connectivity index (χ1v) is 10.8. The summed E-state index contributed by atoms with van der Waals surface area (Å²) < 4.78 is 10.3. The lowest BCUT2D eigenvalue weighted by atomic mass is 10.3. The summed E-state index contributed by atoms with van der Waals surface area (Å²) in [5.74, 6) is -0.0759. The van der Waals surface area contributed by atoms with Crippen LogP contribution < -0.4 is 26.0 Å². The van der Waals surface area contributed by atoms with Gasteiger partial charge in [0.2, 0.25) is 5.95 Å². The fourth-order valence-electron chi connectivity index (χ4n) is 2.61. The van der Waals surface area contributed by atoms with Crippen molar-refractivity contribution in [2.45, 2.75) is 19.8 Å². The molecule has 1 aromatic heterocycles. The Morgan fingerprint density at radius 1 is 1.18 bits per heavy atom. The number of thiocarbonyl (C=S) groups is 1. The van der Waals surface area contributed by atoms with E-state index in [2.05, 4.69) is 31.2 Å². The number of hydrogen-bond acceptors (Lipinski definition) is 9. The van der Waals surface area contributed by atoms with Gasteiger partial charge in [0.05, 0.1) is 20.1 Å². The highest BCUT2D eigenvalue weighted by Gasteiger charge is 2.16. The molecule has 0 aliphatic rings. The molecule has 2 aromatic rings. The van der Waals surface area contributed by atoms with Crippen LogP contribution in [0.2, 0.25) is 0 Å². The van der Waals surface area contributed by atoms with Crippen molar-refractivity contribution >= 4 is 46.7 Å². The second-order valence-electron chi connectivity index (χ2n) is 6.64. The van der Waals surface area contributed by atoms with Gasteiger partial charge < -0.3 is 35.8 Å². The zero-order valence-electron chi connectivity index (χ0n) is 18.5. The molecule has 178 valence electrons. The van der Waals surface area contributed by atoms with Gasteiger partial charge in [0, 0.05) is 37.6 Å². The number of aromatic nitrogens is 2.